The molecule has 2 aromatic rings. The van der Waals surface area contributed by atoms with E-state index in [0.29, 0.717) is 5.41 Å². The van der Waals surface area contributed by atoms with Crippen molar-refractivity contribution in [2.75, 3.05) is 39.4 Å². The molecule has 1 unspecified atom stereocenters. The third kappa shape index (κ3) is 4.16. The number of para-hydroxylation sites is 1. The zero-order chi connectivity index (χ0) is 18.5. The molecule has 0 aliphatic carbocycles. The van der Waals surface area contributed by atoms with E-state index >= 15 is 0 Å². The Hall–Kier alpha value is -2.34. The van der Waals surface area contributed by atoms with E-state index in [4.69, 9.17) is 9.73 Å². The van der Waals surface area contributed by atoms with Gasteiger partial charge in [-0.1, -0.05) is 18.2 Å². The van der Waals surface area contributed by atoms with Crippen molar-refractivity contribution in [2.24, 2.45) is 10.4 Å². The maximum Gasteiger partial charge on any atom is 0.193 e. The predicted molar refractivity (Wildman–Crippen MR) is 107 cm³/mol. The van der Waals surface area contributed by atoms with Crippen LogP contribution < -0.4 is 5.32 Å². The van der Waals surface area contributed by atoms with Crippen molar-refractivity contribution >= 4 is 5.96 Å². The zero-order valence-corrected chi connectivity index (χ0v) is 16.1. The summed E-state index contributed by atoms with van der Waals surface area (Å²) in [4.78, 5) is 7.27. The summed E-state index contributed by atoms with van der Waals surface area (Å²) in [6, 6.07) is 12.3. The van der Waals surface area contributed by atoms with Gasteiger partial charge in [0.15, 0.2) is 5.96 Å². The molecule has 6 heteroatoms. The average molecular weight is 367 g/mol. The molecule has 4 rings (SSSR count). The van der Waals surface area contributed by atoms with Crippen LogP contribution in [0.4, 0.5) is 0 Å². The molecule has 2 fully saturated rings. The van der Waals surface area contributed by atoms with Gasteiger partial charge < -0.3 is 15.0 Å². The molecule has 27 heavy (non-hydrogen) atoms. The monoisotopic (exact) mass is 367 g/mol. The largest absolute Gasteiger partial charge is 0.381 e. The minimum atomic E-state index is 0.352. The Morgan fingerprint density at radius 1 is 1.26 bits per heavy atom. The van der Waals surface area contributed by atoms with Crippen LogP contribution in [0, 0.1) is 5.41 Å². The molecule has 3 heterocycles. The summed E-state index contributed by atoms with van der Waals surface area (Å²) in [6.45, 7) is 7.70. The Labute approximate surface area is 161 Å². The standard InChI is InChI=1S/C21H29N5O/c1-2-22-20(25-14-10-21(16-25)11-15-27-17-21)23-12-8-18-9-13-26(24-18)19-6-4-3-5-7-19/h3-7,9,13H,2,8,10-12,14-17H2,1H3,(H,22,23). The van der Waals surface area contributed by atoms with Gasteiger partial charge in [-0.2, -0.15) is 5.10 Å². The van der Waals surface area contributed by atoms with Gasteiger partial charge in [0.1, 0.15) is 0 Å². The Morgan fingerprint density at radius 3 is 2.93 bits per heavy atom. The summed E-state index contributed by atoms with van der Waals surface area (Å²) in [6.07, 6.45) is 5.25. The first kappa shape index (κ1) is 18.0. The lowest BCUT2D eigenvalue weighted by atomic mass is 9.87. The number of nitrogens with zero attached hydrogens (tertiary/aromatic N) is 4. The summed E-state index contributed by atoms with van der Waals surface area (Å²) in [7, 11) is 0. The van der Waals surface area contributed by atoms with Crippen LogP contribution in [0.2, 0.25) is 0 Å². The molecule has 6 nitrogen and oxygen atoms in total. The van der Waals surface area contributed by atoms with E-state index in [0.717, 1.165) is 63.2 Å². The van der Waals surface area contributed by atoms with Gasteiger partial charge in [-0.25, -0.2) is 4.68 Å². The summed E-state index contributed by atoms with van der Waals surface area (Å²) in [5.74, 6) is 1.03. The quantitative estimate of drug-likeness (QED) is 0.652. The number of likely N-dealkylation sites (tertiary alicyclic amines) is 1. The van der Waals surface area contributed by atoms with Gasteiger partial charge in [0.2, 0.25) is 0 Å². The average Bonchev–Trinajstić information content (AvgIpc) is 3.44. The van der Waals surface area contributed by atoms with Crippen LogP contribution in [-0.4, -0.2) is 60.0 Å². The minimum Gasteiger partial charge on any atom is -0.381 e. The lowest BCUT2D eigenvalue weighted by Gasteiger charge is -2.24. The van der Waals surface area contributed by atoms with Crippen molar-refractivity contribution in [1.82, 2.24) is 20.0 Å². The van der Waals surface area contributed by atoms with E-state index in [1.54, 1.807) is 0 Å². The first-order chi connectivity index (χ1) is 13.3. The first-order valence-electron chi connectivity index (χ1n) is 9.99. The number of ether oxygens (including phenoxy) is 1. The predicted octanol–water partition coefficient (Wildman–Crippen LogP) is 2.49. The van der Waals surface area contributed by atoms with E-state index < -0.39 is 0 Å². The van der Waals surface area contributed by atoms with Crippen LogP contribution in [0.15, 0.2) is 47.6 Å². The highest BCUT2D eigenvalue weighted by atomic mass is 16.5. The molecule has 0 saturated carbocycles. The maximum absolute atomic E-state index is 5.65. The molecular formula is C21H29N5O. The van der Waals surface area contributed by atoms with E-state index in [1.165, 1.54) is 12.8 Å². The highest BCUT2D eigenvalue weighted by Gasteiger charge is 2.42. The normalized spacial score (nSPS) is 22.7. The van der Waals surface area contributed by atoms with Crippen molar-refractivity contribution in [3.8, 4) is 5.69 Å². The molecular weight excluding hydrogens is 338 g/mol. The fraction of sp³-hybridized carbons (Fsp3) is 0.524. The topological polar surface area (TPSA) is 54.7 Å². The number of rotatable bonds is 5. The minimum absolute atomic E-state index is 0.352. The van der Waals surface area contributed by atoms with Crippen LogP contribution in [0.5, 0.6) is 0 Å². The Kier molecular flexibility index (Phi) is 5.43. The third-order valence-corrected chi connectivity index (χ3v) is 5.55. The van der Waals surface area contributed by atoms with Gasteiger partial charge in [-0.3, -0.25) is 4.99 Å². The smallest absolute Gasteiger partial charge is 0.193 e. The first-order valence-corrected chi connectivity index (χ1v) is 9.99. The van der Waals surface area contributed by atoms with Gasteiger partial charge in [0.25, 0.3) is 0 Å². The summed E-state index contributed by atoms with van der Waals surface area (Å²) in [5.41, 5.74) is 2.51. The van der Waals surface area contributed by atoms with Crippen molar-refractivity contribution < 1.29 is 4.74 Å². The maximum atomic E-state index is 5.65. The van der Waals surface area contributed by atoms with Crippen LogP contribution in [0.25, 0.3) is 5.69 Å². The van der Waals surface area contributed by atoms with E-state index in [-0.39, 0.29) is 0 Å². The molecule has 1 spiro atoms. The number of benzene rings is 1. The summed E-state index contributed by atoms with van der Waals surface area (Å²) < 4.78 is 7.58. The number of nitrogens with one attached hydrogen (secondary N) is 1. The summed E-state index contributed by atoms with van der Waals surface area (Å²) in [5, 5.41) is 8.13. The number of aromatic nitrogens is 2. The van der Waals surface area contributed by atoms with Gasteiger partial charge in [0, 0.05) is 50.8 Å². The van der Waals surface area contributed by atoms with Crippen molar-refractivity contribution in [1.29, 1.82) is 0 Å². The third-order valence-electron chi connectivity index (χ3n) is 5.55. The number of hydrogen-bond acceptors (Lipinski definition) is 3. The lowest BCUT2D eigenvalue weighted by molar-refractivity contribution is 0.156. The second-order valence-corrected chi connectivity index (χ2v) is 7.55. The SMILES string of the molecule is CCNC(=NCCc1ccn(-c2ccccc2)n1)N1CCC2(CCOC2)C1. The molecule has 1 aromatic heterocycles. The van der Waals surface area contributed by atoms with Crippen LogP contribution in [-0.2, 0) is 11.2 Å². The van der Waals surface area contributed by atoms with Crippen molar-refractivity contribution in [2.45, 2.75) is 26.2 Å². The molecule has 0 radical (unpaired) electrons. The fourth-order valence-electron chi connectivity index (χ4n) is 4.01. The zero-order valence-electron chi connectivity index (χ0n) is 16.1. The van der Waals surface area contributed by atoms with Gasteiger partial charge in [-0.05, 0) is 38.0 Å². The summed E-state index contributed by atoms with van der Waals surface area (Å²) >= 11 is 0. The van der Waals surface area contributed by atoms with Gasteiger partial charge >= 0.3 is 0 Å². The number of aliphatic imine (C=N–C) groups is 1. The molecule has 0 amide bonds. The van der Waals surface area contributed by atoms with Gasteiger partial charge in [0.05, 0.1) is 18.0 Å². The Bertz CT molecular complexity index is 764. The fourth-order valence-corrected chi connectivity index (χ4v) is 4.01. The number of guanidine groups is 1. The van der Waals surface area contributed by atoms with Gasteiger partial charge in [-0.15, -0.1) is 0 Å². The molecule has 2 saturated heterocycles. The molecule has 1 N–H and O–H groups in total. The highest BCUT2D eigenvalue weighted by molar-refractivity contribution is 5.80. The number of hydrogen-bond donors (Lipinski definition) is 1. The van der Waals surface area contributed by atoms with Crippen LogP contribution in [0.3, 0.4) is 0 Å². The second-order valence-electron chi connectivity index (χ2n) is 7.55. The Morgan fingerprint density at radius 2 is 2.15 bits per heavy atom. The molecule has 2 aliphatic rings. The van der Waals surface area contributed by atoms with E-state index in [2.05, 4.69) is 40.4 Å². The molecule has 0 bridgehead atoms. The lowest BCUT2D eigenvalue weighted by Crippen LogP contribution is -2.41. The molecule has 144 valence electrons. The Balaban J connectivity index is 1.36. The molecule has 1 aromatic carbocycles. The molecule has 2 aliphatic heterocycles. The van der Waals surface area contributed by atoms with Crippen molar-refractivity contribution in [3.63, 3.8) is 0 Å². The second kappa shape index (κ2) is 8.13. The van der Waals surface area contributed by atoms with E-state index in [9.17, 15) is 0 Å². The van der Waals surface area contributed by atoms with Crippen LogP contribution >= 0.6 is 0 Å². The van der Waals surface area contributed by atoms with E-state index in [1.807, 2.05) is 29.1 Å². The van der Waals surface area contributed by atoms with Crippen LogP contribution in [0.1, 0.15) is 25.5 Å². The molecule has 1 atom stereocenters. The highest BCUT2D eigenvalue weighted by Crippen LogP contribution is 2.38. The van der Waals surface area contributed by atoms with Crippen molar-refractivity contribution in [3.05, 3.63) is 48.3 Å².